The maximum atomic E-state index is 12.3. The Morgan fingerprint density at radius 2 is 1.95 bits per heavy atom. The molecule has 0 bridgehead atoms. The summed E-state index contributed by atoms with van der Waals surface area (Å²) in [7, 11) is 3.77. The van der Waals surface area contributed by atoms with E-state index in [1.807, 2.05) is 30.2 Å². The molecule has 0 saturated carbocycles. The second-order valence-corrected chi connectivity index (χ2v) is 8.32. The Morgan fingerprint density at radius 3 is 2.48 bits per heavy atom. The van der Waals surface area contributed by atoms with Crippen LogP contribution in [0, 0.1) is 17.8 Å². The van der Waals surface area contributed by atoms with Crippen LogP contribution < -0.4 is 0 Å². The fourth-order valence-corrected chi connectivity index (χ4v) is 4.43. The summed E-state index contributed by atoms with van der Waals surface area (Å²) in [6, 6.07) is 0.248. The number of likely N-dealkylation sites (tertiary alicyclic amines) is 2. The van der Waals surface area contributed by atoms with Crippen molar-refractivity contribution >= 4 is 36.2 Å². The van der Waals surface area contributed by atoms with Gasteiger partial charge in [0.15, 0.2) is 0 Å². The molecule has 4 unspecified atom stereocenters. The lowest BCUT2D eigenvalue weighted by atomic mass is 9.86. The molecule has 2 rings (SSSR count). The maximum absolute atomic E-state index is 12.3. The van der Waals surface area contributed by atoms with Crippen molar-refractivity contribution in [1.29, 1.82) is 0 Å². The normalized spacial score (nSPS) is 32.9. The molecule has 0 aromatic heterocycles. The van der Waals surface area contributed by atoms with Crippen LogP contribution in [0.5, 0.6) is 0 Å². The largest absolute Gasteiger partial charge is 0.345 e. The van der Waals surface area contributed by atoms with Crippen LogP contribution in [0.1, 0.15) is 26.2 Å². The van der Waals surface area contributed by atoms with Crippen LogP contribution in [0.3, 0.4) is 0 Å². The number of hydrogen-bond donors (Lipinski definition) is 1. The Bertz CT molecular complexity index is 418. The van der Waals surface area contributed by atoms with Gasteiger partial charge in [-0.2, -0.15) is 24.4 Å². The molecule has 0 spiro atoms. The zero-order valence-electron chi connectivity index (χ0n) is 13.3. The zero-order chi connectivity index (χ0) is 15.7. The van der Waals surface area contributed by atoms with Crippen molar-refractivity contribution in [2.45, 2.75) is 36.8 Å². The number of thioether (sulfide) groups is 1. The standard InChI is InChI=1S/C15H26N2O2S2/c1-9(11-5-6-16(2)13(11)18)7-10-8-12(15(20)21-4)14(19)17(10)3/h9-12,15,20H,5-8H2,1-4H3/t9?,10?,11?,12?,15-/m1/s1. The summed E-state index contributed by atoms with van der Waals surface area (Å²) in [5.41, 5.74) is 0. The summed E-state index contributed by atoms with van der Waals surface area (Å²) < 4.78 is 0.0690. The van der Waals surface area contributed by atoms with E-state index in [0.29, 0.717) is 5.92 Å². The lowest BCUT2D eigenvalue weighted by molar-refractivity contribution is -0.131. The molecule has 2 amide bonds. The van der Waals surface area contributed by atoms with Crippen LogP contribution in [0.4, 0.5) is 0 Å². The minimum Gasteiger partial charge on any atom is -0.345 e. The van der Waals surface area contributed by atoms with E-state index in [-0.39, 0.29) is 34.3 Å². The van der Waals surface area contributed by atoms with Crippen LogP contribution in [0.25, 0.3) is 0 Å². The number of thiol groups is 1. The smallest absolute Gasteiger partial charge is 0.227 e. The van der Waals surface area contributed by atoms with Gasteiger partial charge in [0.2, 0.25) is 11.8 Å². The average molecular weight is 331 g/mol. The predicted octanol–water partition coefficient (Wildman–Crippen LogP) is 1.96. The van der Waals surface area contributed by atoms with E-state index in [1.165, 1.54) is 0 Å². The molecule has 21 heavy (non-hydrogen) atoms. The summed E-state index contributed by atoms with van der Waals surface area (Å²) in [5.74, 6) is 0.935. The summed E-state index contributed by atoms with van der Waals surface area (Å²) in [5, 5.41) is 0. The zero-order valence-corrected chi connectivity index (χ0v) is 15.0. The summed E-state index contributed by atoms with van der Waals surface area (Å²) in [6.07, 6.45) is 4.72. The molecule has 0 aliphatic carbocycles. The van der Waals surface area contributed by atoms with E-state index >= 15 is 0 Å². The predicted molar refractivity (Wildman–Crippen MR) is 90.5 cm³/mol. The van der Waals surface area contributed by atoms with E-state index < -0.39 is 0 Å². The molecule has 2 fully saturated rings. The second-order valence-electron chi connectivity index (χ2n) is 6.44. The highest BCUT2D eigenvalue weighted by atomic mass is 32.2. The van der Waals surface area contributed by atoms with Gasteiger partial charge in [-0.3, -0.25) is 9.59 Å². The Balaban J connectivity index is 1.97. The first kappa shape index (κ1) is 17.0. The Morgan fingerprint density at radius 1 is 1.29 bits per heavy atom. The molecule has 120 valence electrons. The lowest BCUT2D eigenvalue weighted by Crippen LogP contribution is -2.34. The third-order valence-electron chi connectivity index (χ3n) is 5.12. The van der Waals surface area contributed by atoms with Gasteiger partial charge in [0.05, 0.1) is 10.5 Å². The van der Waals surface area contributed by atoms with Gasteiger partial charge in [0.1, 0.15) is 0 Å². The molecule has 5 atom stereocenters. The van der Waals surface area contributed by atoms with Crippen molar-refractivity contribution in [3.8, 4) is 0 Å². The Labute approximate surface area is 137 Å². The average Bonchev–Trinajstić information content (AvgIpc) is 2.93. The van der Waals surface area contributed by atoms with Gasteiger partial charge < -0.3 is 9.80 Å². The summed E-state index contributed by atoms with van der Waals surface area (Å²) in [4.78, 5) is 28.1. The first-order chi connectivity index (χ1) is 9.86. The minimum absolute atomic E-state index is 0.00693. The van der Waals surface area contributed by atoms with Crippen LogP contribution in [-0.2, 0) is 9.59 Å². The molecule has 6 heteroatoms. The molecule has 0 aromatic rings. The highest BCUT2D eigenvalue weighted by Gasteiger charge is 2.42. The number of carbonyl (C=O) groups excluding carboxylic acids is 2. The van der Waals surface area contributed by atoms with Crippen molar-refractivity contribution in [1.82, 2.24) is 9.80 Å². The second kappa shape index (κ2) is 6.82. The van der Waals surface area contributed by atoms with Gasteiger partial charge in [0.25, 0.3) is 0 Å². The number of rotatable bonds is 5. The van der Waals surface area contributed by atoms with Crippen LogP contribution in [0.2, 0.25) is 0 Å². The van der Waals surface area contributed by atoms with Gasteiger partial charge in [-0.1, -0.05) is 6.92 Å². The summed E-state index contributed by atoms with van der Waals surface area (Å²) in [6.45, 7) is 3.02. The van der Waals surface area contributed by atoms with Crippen molar-refractivity contribution in [2.24, 2.45) is 17.8 Å². The highest BCUT2D eigenvalue weighted by Crippen LogP contribution is 2.37. The molecular formula is C15H26N2O2S2. The van der Waals surface area contributed by atoms with Crippen molar-refractivity contribution in [3.05, 3.63) is 0 Å². The van der Waals surface area contributed by atoms with E-state index in [0.717, 1.165) is 25.8 Å². The van der Waals surface area contributed by atoms with E-state index in [1.54, 1.807) is 11.8 Å². The monoisotopic (exact) mass is 330 g/mol. The molecular weight excluding hydrogens is 304 g/mol. The fraction of sp³-hybridized carbons (Fsp3) is 0.867. The third kappa shape index (κ3) is 3.36. The van der Waals surface area contributed by atoms with E-state index in [2.05, 4.69) is 19.6 Å². The summed E-state index contributed by atoms with van der Waals surface area (Å²) >= 11 is 6.16. The number of nitrogens with zero attached hydrogens (tertiary/aromatic N) is 2. The maximum Gasteiger partial charge on any atom is 0.227 e. The molecule has 0 radical (unpaired) electrons. The molecule has 2 aliphatic heterocycles. The van der Waals surface area contributed by atoms with Crippen LogP contribution in [-0.4, -0.2) is 59.1 Å². The quantitative estimate of drug-likeness (QED) is 0.619. The first-order valence-electron chi connectivity index (χ1n) is 7.59. The van der Waals surface area contributed by atoms with Gasteiger partial charge in [0, 0.05) is 32.6 Å². The topological polar surface area (TPSA) is 40.6 Å². The van der Waals surface area contributed by atoms with Crippen molar-refractivity contribution in [2.75, 3.05) is 26.9 Å². The Kier molecular flexibility index (Phi) is 5.52. The first-order valence-corrected chi connectivity index (χ1v) is 9.39. The van der Waals surface area contributed by atoms with Crippen LogP contribution >= 0.6 is 24.4 Å². The molecule has 0 aromatic carbocycles. The highest BCUT2D eigenvalue weighted by molar-refractivity contribution is 8.09. The molecule has 2 heterocycles. The fourth-order valence-electron chi connectivity index (χ4n) is 3.62. The number of amides is 2. The lowest BCUT2D eigenvalue weighted by Gasteiger charge is -2.25. The Hall–Kier alpha value is -0.360. The minimum atomic E-state index is 0.00693. The van der Waals surface area contributed by atoms with Crippen molar-refractivity contribution in [3.63, 3.8) is 0 Å². The van der Waals surface area contributed by atoms with E-state index in [9.17, 15) is 9.59 Å². The number of carbonyl (C=O) groups is 2. The molecule has 0 N–H and O–H groups in total. The van der Waals surface area contributed by atoms with Crippen LogP contribution in [0.15, 0.2) is 0 Å². The molecule has 4 nitrogen and oxygen atoms in total. The van der Waals surface area contributed by atoms with Gasteiger partial charge in [-0.15, -0.1) is 0 Å². The molecule has 2 aliphatic rings. The SMILES string of the molecule is CS[C@@H](S)C1CC(CC(C)C2CCN(C)C2=O)N(C)C1=O. The third-order valence-corrected chi connectivity index (χ3v) is 6.93. The van der Waals surface area contributed by atoms with Gasteiger partial charge >= 0.3 is 0 Å². The number of hydrogen-bond acceptors (Lipinski definition) is 4. The van der Waals surface area contributed by atoms with E-state index in [4.69, 9.17) is 0 Å². The molecule has 2 saturated heterocycles. The van der Waals surface area contributed by atoms with Crippen molar-refractivity contribution < 1.29 is 9.59 Å². The van der Waals surface area contributed by atoms with Gasteiger partial charge in [-0.25, -0.2) is 0 Å². The van der Waals surface area contributed by atoms with Gasteiger partial charge in [-0.05, 0) is 31.4 Å².